The van der Waals surface area contributed by atoms with Crippen LogP contribution in [0.4, 0.5) is 10.1 Å². The topological polar surface area (TPSA) is 44.5 Å². The quantitative estimate of drug-likeness (QED) is 0.824. The van der Waals surface area contributed by atoms with E-state index in [0.29, 0.717) is 10.8 Å². The highest BCUT2D eigenvalue weighted by Gasteiger charge is 2.12. The van der Waals surface area contributed by atoms with Crippen LogP contribution in [0.1, 0.15) is 0 Å². The molecule has 0 unspecified atom stereocenters. The summed E-state index contributed by atoms with van der Waals surface area (Å²) >= 11 is 9.32. The smallest absolute Gasteiger partial charge is 0.167 e. The molecule has 3 nitrogen and oxygen atoms in total. The lowest BCUT2D eigenvalue weighted by atomic mass is 10.2. The SMILES string of the molecule is COc1cc(Oc2cc(Br)ccc2Cl)c(N)cc1F. The third-order valence-electron chi connectivity index (χ3n) is 2.40. The molecule has 2 aromatic carbocycles. The van der Waals surface area contributed by atoms with Gasteiger partial charge in [-0.15, -0.1) is 0 Å². The molecule has 0 saturated carbocycles. The summed E-state index contributed by atoms with van der Waals surface area (Å²) in [5, 5.41) is 0.422. The second-order valence-electron chi connectivity index (χ2n) is 3.70. The molecule has 0 saturated heterocycles. The van der Waals surface area contributed by atoms with Gasteiger partial charge in [-0.1, -0.05) is 27.5 Å². The van der Waals surface area contributed by atoms with E-state index in [0.717, 1.165) is 10.5 Å². The number of benzene rings is 2. The molecule has 0 radical (unpaired) electrons. The highest BCUT2D eigenvalue weighted by Crippen LogP contribution is 2.37. The highest BCUT2D eigenvalue weighted by atomic mass is 79.9. The molecule has 2 N–H and O–H groups in total. The zero-order valence-corrected chi connectivity index (χ0v) is 12.3. The second kappa shape index (κ2) is 5.67. The maximum absolute atomic E-state index is 13.4. The Morgan fingerprint density at radius 3 is 2.58 bits per heavy atom. The lowest BCUT2D eigenvalue weighted by molar-refractivity contribution is 0.382. The molecule has 0 spiro atoms. The fourth-order valence-electron chi connectivity index (χ4n) is 1.47. The van der Waals surface area contributed by atoms with E-state index in [9.17, 15) is 4.39 Å². The monoisotopic (exact) mass is 345 g/mol. The van der Waals surface area contributed by atoms with Crippen LogP contribution in [0.2, 0.25) is 5.02 Å². The van der Waals surface area contributed by atoms with Gasteiger partial charge in [0.1, 0.15) is 5.75 Å². The summed E-state index contributed by atoms with van der Waals surface area (Å²) in [6, 6.07) is 7.67. The molecule has 0 bridgehead atoms. The van der Waals surface area contributed by atoms with Crippen LogP contribution in [0.15, 0.2) is 34.8 Å². The maximum Gasteiger partial charge on any atom is 0.167 e. The van der Waals surface area contributed by atoms with Crippen molar-refractivity contribution >= 4 is 33.2 Å². The first-order valence-electron chi connectivity index (χ1n) is 5.27. The Kier molecular flexibility index (Phi) is 4.17. The summed E-state index contributed by atoms with van der Waals surface area (Å²) in [6.07, 6.45) is 0. The number of halogens is 3. The summed E-state index contributed by atoms with van der Waals surface area (Å²) in [5.74, 6) is 0.192. The van der Waals surface area contributed by atoms with Gasteiger partial charge in [-0.25, -0.2) is 4.39 Å². The molecule has 0 aromatic heterocycles. The van der Waals surface area contributed by atoms with Gasteiger partial charge in [-0.05, 0) is 18.2 Å². The van der Waals surface area contributed by atoms with Crippen molar-refractivity contribution < 1.29 is 13.9 Å². The number of anilines is 1. The molecule has 0 atom stereocenters. The first-order valence-corrected chi connectivity index (χ1v) is 6.44. The number of hydrogen-bond acceptors (Lipinski definition) is 3. The van der Waals surface area contributed by atoms with Crippen LogP contribution in [0.5, 0.6) is 17.2 Å². The Labute approximate surface area is 123 Å². The largest absolute Gasteiger partial charge is 0.494 e. The van der Waals surface area contributed by atoms with E-state index in [1.165, 1.54) is 13.2 Å². The van der Waals surface area contributed by atoms with E-state index in [-0.39, 0.29) is 17.2 Å². The van der Waals surface area contributed by atoms with E-state index >= 15 is 0 Å². The Morgan fingerprint density at radius 1 is 1.16 bits per heavy atom. The van der Waals surface area contributed by atoms with Crippen molar-refractivity contribution in [2.75, 3.05) is 12.8 Å². The maximum atomic E-state index is 13.4. The minimum atomic E-state index is -0.548. The summed E-state index contributed by atoms with van der Waals surface area (Å²) in [4.78, 5) is 0. The van der Waals surface area contributed by atoms with Crippen LogP contribution in [-0.2, 0) is 0 Å². The zero-order chi connectivity index (χ0) is 14.0. The summed E-state index contributed by atoms with van der Waals surface area (Å²) in [5.41, 5.74) is 5.87. The molecule has 19 heavy (non-hydrogen) atoms. The second-order valence-corrected chi connectivity index (χ2v) is 5.02. The lowest BCUT2D eigenvalue weighted by Gasteiger charge is -2.12. The molecule has 0 aliphatic carbocycles. The average Bonchev–Trinajstić information content (AvgIpc) is 2.37. The Bertz CT molecular complexity index is 622. The van der Waals surface area contributed by atoms with Gasteiger partial charge < -0.3 is 15.2 Å². The molecule has 0 aliphatic heterocycles. The Morgan fingerprint density at radius 2 is 1.89 bits per heavy atom. The predicted molar refractivity (Wildman–Crippen MR) is 76.6 cm³/mol. The third-order valence-corrected chi connectivity index (χ3v) is 3.20. The van der Waals surface area contributed by atoms with Crippen molar-refractivity contribution in [3.8, 4) is 17.2 Å². The van der Waals surface area contributed by atoms with Crippen LogP contribution >= 0.6 is 27.5 Å². The van der Waals surface area contributed by atoms with Gasteiger partial charge in [0.2, 0.25) is 0 Å². The standard InChI is InChI=1S/C13H10BrClFNO2/c1-18-12-6-13(10(17)5-9(12)16)19-11-4-7(14)2-3-8(11)15/h2-6H,17H2,1H3. The van der Waals surface area contributed by atoms with Gasteiger partial charge in [0.15, 0.2) is 17.3 Å². The number of methoxy groups -OCH3 is 1. The molecule has 2 aromatic rings. The molecule has 0 amide bonds. The summed E-state index contributed by atoms with van der Waals surface area (Å²) in [7, 11) is 1.37. The van der Waals surface area contributed by atoms with E-state index < -0.39 is 5.82 Å². The minimum absolute atomic E-state index is 0.0512. The molecular weight excluding hydrogens is 337 g/mol. The van der Waals surface area contributed by atoms with Gasteiger partial charge in [-0.2, -0.15) is 0 Å². The molecular formula is C13H10BrClFNO2. The van der Waals surface area contributed by atoms with E-state index in [1.807, 2.05) is 0 Å². The number of nitrogens with two attached hydrogens (primary N) is 1. The summed E-state index contributed by atoms with van der Waals surface area (Å²) in [6.45, 7) is 0. The van der Waals surface area contributed by atoms with Gasteiger partial charge in [0.25, 0.3) is 0 Å². The third kappa shape index (κ3) is 3.11. The van der Waals surface area contributed by atoms with Gasteiger partial charge in [0, 0.05) is 16.6 Å². The normalized spacial score (nSPS) is 10.3. The van der Waals surface area contributed by atoms with Crippen molar-refractivity contribution in [2.24, 2.45) is 0 Å². The van der Waals surface area contributed by atoms with Gasteiger partial charge in [-0.3, -0.25) is 0 Å². The van der Waals surface area contributed by atoms with E-state index in [1.54, 1.807) is 18.2 Å². The van der Waals surface area contributed by atoms with Crippen LogP contribution in [0.3, 0.4) is 0 Å². The van der Waals surface area contributed by atoms with E-state index in [2.05, 4.69) is 15.9 Å². The number of ether oxygens (including phenoxy) is 2. The highest BCUT2D eigenvalue weighted by molar-refractivity contribution is 9.10. The minimum Gasteiger partial charge on any atom is -0.494 e. The molecule has 6 heteroatoms. The van der Waals surface area contributed by atoms with Crippen LogP contribution in [0.25, 0.3) is 0 Å². The first-order chi connectivity index (χ1) is 9.01. The number of hydrogen-bond donors (Lipinski definition) is 1. The van der Waals surface area contributed by atoms with Crippen LogP contribution in [0, 0.1) is 5.82 Å². The number of nitrogen functional groups attached to an aromatic ring is 1. The van der Waals surface area contributed by atoms with Crippen molar-refractivity contribution in [1.82, 2.24) is 0 Å². The Hall–Kier alpha value is -1.46. The van der Waals surface area contributed by atoms with Crippen molar-refractivity contribution in [3.05, 3.63) is 45.6 Å². The first kappa shape index (κ1) is 14.0. The molecule has 0 heterocycles. The van der Waals surface area contributed by atoms with Crippen LogP contribution in [-0.4, -0.2) is 7.11 Å². The molecule has 100 valence electrons. The zero-order valence-electron chi connectivity index (χ0n) is 9.91. The van der Waals surface area contributed by atoms with E-state index in [4.69, 9.17) is 26.8 Å². The average molecular weight is 347 g/mol. The van der Waals surface area contributed by atoms with Crippen LogP contribution < -0.4 is 15.2 Å². The fraction of sp³-hybridized carbons (Fsp3) is 0.0769. The van der Waals surface area contributed by atoms with Gasteiger partial charge >= 0.3 is 0 Å². The van der Waals surface area contributed by atoms with Crippen molar-refractivity contribution in [3.63, 3.8) is 0 Å². The lowest BCUT2D eigenvalue weighted by Crippen LogP contribution is -1.96. The molecule has 0 fully saturated rings. The fourth-order valence-corrected chi connectivity index (χ4v) is 1.97. The Balaban J connectivity index is 2.40. The van der Waals surface area contributed by atoms with Crippen molar-refractivity contribution in [1.29, 1.82) is 0 Å². The van der Waals surface area contributed by atoms with Crippen molar-refractivity contribution in [2.45, 2.75) is 0 Å². The molecule has 0 aliphatic rings. The molecule has 2 rings (SSSR count). The van der Waals surface area contributed by atoms with Gasteiger partial charge in [0.05, 0.1) is 17.8 Å². The predicted octanol–water partition coefficient (Wildman–Crippen LogP) is 4.62. The number of rotatable bonds is 3. The summed E-state index contributed by atoms with van der Waals surface area (Å²) < 4.78 is 24.7.